The second kappa shape index (κ2) is 10.2. The lowest BCUT2D eigenvalue weighted by atomic mass is 10.3. The van der Waals surface area contributed by atoms with Gasteiger partial charge in [-0.3, -0.25) is 14.4 Å². The van der Waals surface area contributed by atoms with Gasteiger partial charge in [-0.1, -0.05) is 22.9 Å². The van der Waals surface area contributed by atoms with Crippen molar-refractivity contribution in [2.45, 2.75) is 20.4 Å². The van der Waals surface area contributed by atoms with E-state index in [1.165, 1.54) is 18.3 Å². The molecule has 3 aromatic rings. The van der Waals surface area contributed by atoms with E-state index in [1.54, 1.807) is 54.0 Å². The summed E-state index contributed by atoms with van der Waals surface area (Å²) < 4.78 is 12.8. The third kappa shape index (κ3) is 6.16. The number of carbonyl (C=O) groups is 3. The highest BCUT2D eigenvalue weighted by Crippen LogP contribution is 2.22. The van der Waals surface area contributed by atoms with E-state index in [4.69, 9.17) is 21.1 Å². The van der Waals surface area contributed by atoms with E-state index in [-0.39, 0.29) is 25.7 Å². The minimum Gasteiger partial charge on any atom is -0.484 e. The number of halogens is 1. The first kappa shape index (κ1) is 22.5. The highest BCUT2D eigenvalue weighted by atomic mass is 35.5. The zero-order chi connectivity index (χ0) is 22.4. The average Bonchev–Trinajstić information content (AvgIpc) is 3.03. The van der Waals surface area contributed by atoms with Gasteiger partial charge in [-0.15, -0.1) is 0 Å². The molecule has 0 unspecified atom stereocenters. The SMILES string of the molecule is CCOC(=O)Cn1c(=NC(=O)COc2ccc(Cl)cc2)sc2cc(NC(C)=O)ccc21. The number of ether oxygens (including phenoxy) is 2. The van der Waals surface area contributed by atoms with Crippen molar-refractivity contribution in [3.8, 4) is 5.75 Å². The Labute approximate surface area is 187 Å². The molecule has 31 heavy (non-hydrogen) atoms. The molecule has 1 N–H and O–H groups in total. The number of hydrogen-bond donors (Lipinski definition) is 1. The summed E-state index contributed by atoms with van der Waals surface area (Å²) in [6.07, 6.45) is 0. The molecular weight excluding hydrogens is 442 g/mol. The molecule has 0 aliphatic rings. The number of anilines is 1. The molecule has 8 nitrogen and oxygen atoms in total. The first-order valence-corrected chi connectivity index (χ1v) is 10.6. The molecule has 3 rings (SSSR count). The topological polar surface area (TPSA) is 99.0 Å². The Hall–Kier alpha value is -3.17. The molecule has 0 radical (unpaired) electrons. The maximum Gasteiger partial charge on any atom is 0.326 e. The fourth-order valence-corrected chi connectivity index (χ4v) is 3.95. The number of benzene rings is 2. The molecule has 0 saturated heterocycles. The predicted octanol–water partition coefficient (Wildman–Crippen LogP) is 3.38. The summed E-state index contributed by atoms with van der Waals surface area (Å²) in [5.74, 6) is -0.668. The van der Waals surface area contributed by atoms with Crippen LogP contribution in [0.5, 0.6) is 5.75 Å². The number of carbonyl (C=O) groups excluding carboxylic acids is 3. The zero-order valence-corrected chi connectivity index (χ0v) is 18.5. The van der Waals surface area contributed by atoms with Crippen LogP contribution in [-0.4, -0.2) is 35.6 Å². The highest BCUT2D eigenvalue weighted by molar-refractivity contribution is 7.16. The van der Waals surface area contributed by atoms with Gasteiger partial charge in [0.05, 0.1) is 16.8 Å². The smallest absolute Gasteiger partial charge is 0.326 e. The Morgan fingerprint density at radius 2 is 1.90 bits per heavy atom. The van der Waals surface area contributed by atoms with Gasteiger partial charge in [0.25, 0.3) is 5.91 Å². The maximum absolute atomic E-state index is 12.4. The molecule has 0 atom stereocenters. The van der Waals surface area contributed by atoms with Crippen LogP contribution < -0.4 is 14.9 Å². The van der Waals surface area contributed by atoms with Crippen molar-refractivity contribution in [2.24, 2.45) is 4.99 Å². The van der Waals surface area contributed by atoms with Gasteiger partial charge in [0.2, 0.25) is 5.91 Å². The lowest BCUT2D eigenvalue weighted by molar-refractivity contribution is -0.143. The summed E-state index contributed by atoms with van der Waals surface area (Å²) in [6.45, 7) is 3.01. The van der Waals surface area contributed by atoms with Crippen LogP contribution in [0.2, 0.25) is 5.02 Å². The molecule has 2 aromatic carbocycles. The molecule has 0 saturated carbocycles. The molecular formula is C21H20ClN3O5S. The van der Waals surface area contributed by atoms with Gasteiger partial charge in [0.1, 0.15) is 12.3 Å². The molecule has 0 fully saturated rings. The van der Waals surface area contributed by atoms with Crippen molar-refractivity contribution >= 4 is 56.6 Å². The van der Waals surface area contributed by atoms with Gasteiger partial charge >= 0.3 is 5.97 Å². The van der Waals surface area contributed by atoms with Gasteiger partial charge in [0.15, 0.2) is 11.4 Å². The summed E-state index contributed by atoms with van der Waals surface area (Å²) in [7, 11) is 0. The Bertz CT molecular complexity index is 1180. The first-order valence-electron chi connectivity index (χ1n) is 9.38. The molecule has 2 amide bonds. The lowest BCUT2D eigenvalue weighted by Crippen LogP contribution is -2.24. The van der Waals surface area contributed by atoms with E-state index >= 15 is 0 Å². The van der Waals surface area contributed by atoms with Crippen LogP contribution in [0, 0.1) is 0 Å². The zero-order valence-electron chi connectivity index (χ0n) is 16.9. The van der Waals surface area contributed by atoms with Gasteiger partial charge in [0, 0.05) is 17.6 Å². The van der Waals surface area contributed by atoms with Crippen LogP contribution in [-0.2, 0) is 25.7 Å². The van der Waals surface area contributed by atoms with Gasteiger partial charge in [-0.25, -0.2) is 0 Å². The molecule has 10 heteroatoms. The van der Waals surface area contributed by atoms with Crippen LogP contribution >= 0.6 is 22.9 Å². The van der Waals surface area contributed by atoms with Crippen molar-refractivity contribution in [1.82, 2.24) is 4.57 Å². The van der Waals surface area contributed by atoms with Crippen LogP contribution in [0.1, 0.15) is 13.8 Å². The Morgan fingerprint density at radius 3 is 2.58 bits per heavy atom. The van der Waals surface area contributed by atoms with Crippen LogP contribution in [0.3, 0.4) is 0 Å². The number of thiazole rings is 1. The number of rotatable bonds is 7. The Kier molecular flexibility index (Phi) is 7.43. The molecule has 0 aliphatic carbocycles. The highest BCUT2D eigenvalue weighted by Gasteiger charge is 2.13. The number of fused-ring (bicyclic) bond motifs is 1. The number of aromatic nitrogens is 1. The van der Waals surface area contributed by atoms with Gasteiger partial charge < -0.3 is 19.4 Å². The van der Waals surface area contributed by atoms with Crippen molar-refractivity contribution < 1.29 is 23.9 Å². The first-order chi connectivity index (χ1) is 14.9. The number of nitrogens with one attached hydrogen (secondary N) is 1. The maximum atomic E-state index is 12.4. The fourth-order valence-electron chi connectivity index (χ4n) is 2.74. The standard InChI is InChI=1S/C21H20ClN3O5S/c1-3-29-20(28)11-25-17-9-6-15(23-13(2)26)10-18(17)31-21(25)24-19(27)12-30-16-7-4-14(22)5-8-16/h4-10H,3,11-12H2,1-2H3,(H,23,26). The predicted molar refractivity (Wildman–Crippen MR) is 118 cm³/mol. The van der Waals surface area contributed by atoms with E-state index < -0.39 is 11.9 Å². The van der Waals surface area contributed by atoms with Crippen LogP contribution in [0.4, 0.5) is 5.69 Å². The van der Waals surface area contributed by atoms with Crippen molar-refractivity contribution in [3.05, 3.63) is 52.3 Å². The quantitative estimate of drug-likeness (QED) is 0.544. The summed E-state index contributed by atoms with van der Waals surface area (Å²) in [5, 5.41) is 3.27. The molecule has 0 spiro atoms. The monoisotopic (exact) mass is 461 g/mol. The number of amides is 2. The Balaban J connectivity index is 1.91. The molecule has 0 bridgehead atoms. The lowest BCUT2D eigenvalue weighted by Gasteiger charge is -2.06. The fraction of sp³-hybridized carbons (Fsp3) is 0.238. The second-order valence-electron chi connectivity index (χ2n) is 6.39. The van der Waals surface area contributed by atoms with Crippen LogP contribution in [0.15, 0.2) is 47.5 Å². The third-order valence-electron chi connectivity index (χ3n) is 3.99. The molecule has 162 valence electrons. The molecule has 0 aliphatic heterocycles. The minimum atomic E-state index is -0.513. The normalized spacial score (nSPS) is 11.4. The number of hydrogen-bond acceptors (Lipinski definition) is 6. The van der Waals surface area contributed by atoms with E-state index in [2.05, 4.69) is 10.3 Å². The van der Waals surface area contributed by atoms with E-state index in [9.17, 15) is 14.4 Å². The average molecular weight is 462 g/mol. The summed E-state index contributed by atoms with van der Waals surface area (Å²) in [5.41, 5.74) is 1.30. The molecule has 1 aromatic heterocycles. The van der Waals surface area contributed by atoms with Gasteiger partial charge in [-0.05, 0) is 49.4 Å². The van der Waals surface area contributed by atoms with E-state index in [0.717, 1.165) is 4.70 Å². The van der Waals surface area contributed by atoms with Crippen LogP contribution in [0.25, 0.3) is 10.2 Å². The van der Waals surface area contributed by atoms with Crippen molar-refractivity contribution in [1.29, 1.82) is 0 Å². The molecule has 1 heterocycles. The van der Waals surface area contributed by atoms with E-state index in [1.807, 2.05) is 0 Å². The Morgan fingerprint density at radius 1 is 1.16 bits per heavy atom. The largest absolute Gasteiger partial charge is 0.484 e. The second-order valence-corrected chi connectivity index (χ2v) is 7.83. The number of esters is 1. The van der Waals surface area contributed by atoms with Crippen molar-refractivity contribution in [2.75, 3.05) is 18.5 Å². The number of nitrogens with zero attached hydrogens (tertiary/aromatic N) is 2. The van der Waals surface area contributed by atoms with Crippen molar-refractivity contribution in [3.63, 3.8) is 0 Å². The minimum absolute atomic E-state index is 0.0997. The third-order valence-corrected chi connectivity index (χ3v) is 5.29. The summed E-state index contributed by atoms with van der Waals surface area (Å²) in [4.78, 5) is 40.3. The van der Waals surface area contributed by atoms with E-state index in [0.29, 0.717) is 26.8 Å². The van der Waals surface area contributed by atoms with Gasteiger partial charge in [-0.2, -0.15) is 4.99 Å². The summed E-state index contributed by atoms with van der Waals surface area (Å²) in [6, 6.07) is 11.8. The summed E-state index contributed by atoms with van der Waals surface area (Å²) >= 11 is 7.06.